The molecule has 0 spiro atoms. The van der Waals surface area contributed by atoms with Crippen LogP contribution in [0.25, 0.3) is 10.8 Å². The summed E-state index contributed by atoms with van der Waals surface area (Å²) in [5.74, 6) is -0.297. The van der Waals surface area contributed by atoms with Crippen molar-refractivity contribution >= 4 is 16.7 Å². The van der Waals surface area contributed by atoms with E-state index in [-0.39, 0.29) is 18.4 Å². The first-order valence-electron chi connectivity index (χ1n) is 8.80. The lowest BCUT2D eigenvalue weighted by atomic mass is 9.98. The number of phenolic OH excluding ortho intramolecular Hbond substituents is 1. The zero-order chi connectivity index (χ0) is 18.5. The van der Waals surface area contributed by atoms with Crippen molar-refractivity contribution in [3.63, 3.8) is 0 Å². The molecule has 0 bridgehead atoms. The minimum absolute atomic E-state index is 0.0866. The van der Waals surface area contributed by atoms with Crippen molar-refractivity contribution in [3.8, 4) is 5.75 Å². The lowest BCUT2D eigenvalue weighted by molar-refractivity contribution is -0.146. The van der Waals surface area contributed by atoms with E-state index in [9.17, 15) is 9.90 Å². The molecule has 0 heterocycles. The lowest BCUT2D eigenvalue weighted by Gasteiger charge is -2.24. The number of hydrogen-bond acceptors (Lipinski definition) is 4. The van der Waals surface area contributed by atoms with Crippen molar-refractivity contribution in [1.29, 1.82) is 0 Å². The van der Waals surface area contributed by atoms with Crippen molar-refractivity contribution in [2.45, 2.75) is 25.9 Å². The number of aromatic hydroxyl groups is 1. The monoisotopic (exact) mass is 349 g/mol. The van der Waals surface area contributed by atoms with Gasteiger partial charge in [0.1, 0.15) is 11.8 Å². The average molecular weight is 349 g/mol. The van der Waals surface area contributed by atoms with Crippen LogP contribution in [0.2, 0.25) is 0 Å². The molecule has 0 aliphatic heterocycles. The summed E-state index contributed by atoms with van der Waals surface area (Å²) in [6, 6.07) is 20.3. The van der Waals surface area contributed by atoms with E-state index >= 15 is 0 Å². The Hall–Kier alpha value is -2.85. The van der Waals surface area contributed by atoms with Crippen LogP contribution < -0.4 is 5.32 Å². The second kappa shape index (κ2) is 8.02. The van der Waals surface area contributed by atoms with E-state index in [1.54, 1.807) is 13.0 Å². The topological polar surface area (TPSA) is 58.6 Å². The second-order valence-electron chi connectivity index (χ2n) is 6.21. The van der Waals surface area contributed by atoms with Gasteiger partial charge in [0.05, 0.1) is 6.61 Å². The highest BCUT2D eigenvalue weighted by Gasteiger charge is 2.27. The van der Waals surface area contributed by atoms with Gasteiger partial charge in [0, 0.05) is 17.0 Å². The number of carbonyl (C=O) groups is 1. The zero-order valence-corrected chi connectivity index (χ0v) is 15.0. The molecule has 2 N–H and O–H groups in total. The number of nitrogens with one attached hydrogen (secondary N) is 1. The summed E-state index contributed by atoms with van der Waals surface area (Å²) < 4.78 is 5.25. The minimum Gasteiger partial charge on any atom is -0.507 e. The summed E-state index contributed by atoms with van der Waals surface area (Å²) in [5.41, 5.74) is 1.58. The summed E-state index contributed by atoms with van der Waals surface area (Å²) in [5, 5.41) is 15.7. The number of esters is 1. The fraction of sp³-hybridized carbons (Fsp3) is 0.227. The van der Waals surface area contributed by atoms with Crippen LogP contribution in [0.4, 0.5) is 0 Å². The summed E-state index contributed by atoms with van der Waals surface area (Å²) in [4.78, 5) is 12.6. The van der Waals surface area contributed by atoms with Crippen LogP contribution in [0.5, 0.6) is 5.75 Å². The normalized spacial score (nSPS) is 13.3. The van der Waals surface area contributed by atoms with Gasteiger partial charge < -0.3 is 9.84 Å². The lowest BCUT2D eigenvalue weighted by Crippen LogP contribution is -2.32. The molecule has 26 heavy (non-hydrogen) atoms. The van der Waals surface area contributed by atoms with Gasteiger partial charge in [-0.3, -0.25) is 5.32 Å². The Morgan fingerprint density at radius 1 is 1.04 bits per heavy atom. The van der Waals surface area contributed by atoms with Gasteiger partial charge >= 0.3 is 5.97 Å². The summed E-state index contributed by atoms with van der Waals surface area (Å²) in [7, 11) is 0. The molecule has 0 amide bonds. The van der Waals surface area contributed by atoms with E-state index in [0.717, 1.165) is 10.9 Å². The van der Waals surface area contributed by atoms with Gasteiger partial charge in [0.25, 0.3) is 0 Å². The Bertz CT molecular complexity index is 892. The first-order valence-corrected chi connectivity index (χ1v) is 8.80. The molecule has 3 aromatic rings. The van der Waals surface area contributed by atoms with Crippen LogP contribution in [0.1, 0.15) is 37.1 Å². The van der Waals surface area contributed by atoms with Crippen LogP contribution in [0, 0.1) is 0 Å². The third-order valence-corrected chi connectivity index (χ3v) is 4.48. The summed E-state index contributed by atoms with van der Waals surface area (Å²) in [6.45, 7) is 4.04. The van der Waals surface area contributed by atoms with Crippen molar-refractivity contribution in [2.24, 2.45) is 0 Å². The molecule has 0 saturated heterocycles. The molecule has 4 heteroatoms. The Labute approximate surface area is 153 Å². The maximum Gasteiger partial charge on any atom is 0.327 e. The van der Waals surface area contributed by atoms with E-state index in [1.807, 2.05) is 67.6 Å². The van der Waals surface area contributed by atoms with E-state index in [1.165, 1.54) is 0 Å². The van der Waals surface area contributed by atoms with Crippen molar-refractivity contribution in [2.75, 3.05) is 6.61 Å². The van der Waals surface area contributed by atoms with E-state index < -0.39 is 12.0 Å². The fourth-order valence-corrected chi connectivity index (χ4v) is 3.10. The van der Waals surface area contributed by atoms with Gasteiger partial charge in [0.15, 0.2) is 0 Å². The maximum absolute atomic E-state index is 12.6. The highest BCUT2D eigenvalue weighted by molar-refractivity contribution is 5.91. The van der Waals surface area contributed by atoms with Gasteiger partial charge in [-0.05, 0) is 24.8 Å². The summed E-state index contributed by atoms with van der Waals surface area (Å²) >= 11 is 0. The van der Waals surface area contributed by atoms with Gasteiger partial charge in [-0.15, -0.1) is 0 Å². The van der Waals surface area contributed by atoms with E-state index in [2.05, 4.69) is 5.32 Å². The average Bonchev–Trinajstić information content (AvgIpc) is 2.68. The van der Waals surface area contributed by atoms with Crippen LogP contribution in [0.3, 0.4) is 0 Å². The molecule has 134 valence electrons. The first kappa shape index (κ1) is 18.0. The zero-order valence-electron chi connectivity index (χ0n) is 15.0. The first-order chi connectivity index (χ1) is 12.6. The Morgan fingerprint density at radius 2 is 1.73 bits per heavy atom. The van der Waals surface area contributed by atoms with Crippen molar-refractivity contribution in [3.05, 3.63) is 77.9 Å². The molecule has 0 aromatic heterocycles. The third-order valence-electron chi connectivity index (χ3n) is 4.48. The standard InChI is InChI=1S/C22H23NO3/c1-3-26-22(25)20(23-15(2)16-9-5-4-6-10-16)19-14-13-17-11-7-8-12-18(17)21(19)24/h4-15,20,23-24H,3H2,1-2H3/t15-,20+/m1/s1. The molecule has 0 aliphatic rings. The molecule has 0 saturated carbocycles. The van der Waals surface area contributed by atoms with Crippen molar-refractivity contribution in [1.82, 2.24) is 5.32 Å². The van der Waals surface area contributed by atoms with E-state index in [4.69, 9.17) is 4.74 Å². The van der Waals surface area contributed by atoms with Crippen molar-refractivity contribution < 1.29 is 14.6 Å². The molecular formula is C22H23NO3. The number of rotatable bonds is 6. The van der Waals surface area contributed by atoms with Gasteiger partial charge in [-0.25, -0.2) is 4.79 Å². The maximum atomic E-state index is 12.6. The number of carbonyl (C=O) groups excluding carboxylic acids is 1. The van der Waals surface area contributed by atoms with Gasteiger partial charge in [-0.2, -0.15) is 0 Å². The van der Waals surface area contributed by atoms with Gasteiger partial charge in [0.2, 0.25) is 0 Å². The molecule has 0 fully saturated rings. The number of benzene rings is 3. The molecule has 2 atom stereocenters. The SMILES string of the molecule is CCOC(=O)[C@@H](N[C@H](C)c1ccccc1)c1ccc2ccccc2c1O. The van der Waals surface area contributed by atoms with Crippen LogP contribution in [-0.2, 0) is 9.53 Å². The Kier molecular flexibility index (Phi) is 5.54. The Morgan fingerprint density at radius 3 is 2.46 bits per heavy atom. The number of ether oxygens (including phenoxy) is 1. The number of phenols is 1. The molecule has 3 aromatic carbocycles. The van der Waals surface area contributed by atoms with Crippen LogP contribution >= 0.6 is 0 Å². The quantitative estimate of drug-likeness (QED) is 0.643. The smallest absolute Gasteiger partial charge is 0.327 e. The number of fused-ring (bicyclic) bond motifs is 1. The Balaban J connectivity index is 1.99. The summed E-state index contributed by atoms with van der Waals surface area (Å²) in [6.07, 6.45) is 0. The number of hydrogen-bond donors (Lipinski definition) is 2. The molecule has 0 aliphatic carbocycles. The molecule has 0 radical (unpaired) electrons. The highest BCUT2D eigenvalue weighted by atomic mass is 16.5. The predicted octanol–water partition coefficient (Wildman–Crippen LogP) is 4.50. The fourth-order valence-electron chi connectivity index (χ4n) is 3.10. The molecular weight excluding hydrogens is 326 g/mol. The molecule has 4 nitrogen and oxygen atoms in total. The predicted molar refractivity (Wildman–Crippen MR) is 103 cm³/mol. The largest absolute Gasteiger partial charge is 0.507 e. The second-order valence-corrected chi connectivity index (χ2v) is 6.21. The molecule has 3 rings (SSSR count). The van der Waals surface area contributed by atoms with Gasteiger partial charge in [-0.1, -0.05) is 66.7 Å². The molecule has 0 unspecified atom stereocenters. The third kappa shape index (κ3) is 3.70. The highest BCUT2D eigenvalue weighted by Crippen LogP contribution is 2.34. The van der Waals surface area contributed by atoms with Crippen LogP contribution in [0.15, 0.2) is 66.7 Å². The minimum atomic E-state index is -0.755. The van der Waals surface area contributed by atoms with Crippen LogP contribution in [-0.4, -0.2) is 17.7 Å². The van der Waals surface area contributed by atoms with E-state index in [0.29, 0.717) is 10.9 Å².